The van der Waals surface area contributed by atoms with Gasteiger partial charge < -0.3 is 0 Å². The highest BCUT2D eigenvalue weighted by Gasteiger charge is 2.26. The number of rotatable bonds is 2. The van der Waals surface area contributed by atoms with E-state index >= 15 is 0 Å². The van der Waals surface area contributed by atoms with Crippen LogP contribution in [0.2, 0.25) is 0 Å². The molecule has 13 heavy (non-hydrogen) atoms. The molecule has 0 atom stereocenters. The number of nitrogens with zero attached hydrogens (tertiary/aromatic N) is 2. The second kappa shape index (κ2) is 3.72. The first-order chi connectivity index (χ1) is 5.97. The number of halogens is 3. The fourth-order valence-corrected chi connectivity index (χ4v) is 0.916. The molecular formula is C8H9F3N2. The summed E-state index contributed by atoms with van der Waals surface area (Å²) < 4.78 is 35.4. The van der Waals surface area contributed by atoms with Gasteiger partial charge in [0.2, 0.25) is 0 Å². The smallest absolute Gasteiger partial charge is 0.242 e. The topological polar surface area (TPSA) is 25.8 Å². The van der Waals surface area contributed by atoms with Crippen LogP contribution in [0.3, 0.4) is 0 Å². The molecule has 0 aromatic carbocycles. The zero-order chi connectivity index (χ0) is 9.90. The minimum atomic E-state index is -4.11. The third kappa shape index (κ3) is 3.87. The molecule has 0 bridgehead atoms. The average molecular weight is 190 g/mol. The second-order valence-electron chi connectivity index (χ2n) is 2.77. The van der Waals surface area contributed by atoms with E-state index in [1.807, 2.05) is 0 Å². The Morgan fingerprint density at radius 3 is 2.54 bits per heavy atom. The summed E-state index contributed by atoms with van der Waals surface area (Å²) in [5.41, 5.74) is 1.12. The molecule has 1 heterocycles. The van der Waals surface area contributed by atoms with Crippen molar-refractivity contribution in [3.63, 3.8) is 0 Å². The summed E-state index contributed by atoms with van der Waals surface area (Å²) in [6, 6.07) is 1.56. The molecule has 0 saturated carbocycles. The Labute approximate surface area is 73.8 Å². The Morgan fingerprint density at radius 1 is 1.31 bits per heavy atom. The van der Waals surface area contributed by atoms with Gasteiger partial charge in [-0.05, 0) is 19.4 Å². The molecule has 0 N–H and O–H groups in total. The molecule has 1 aromatic rings. The van der Waals surface area contributed by atoms with Gasteiger partial charge in [-0.15, -0.1) is 0 Å². The van der Waals surface area contributed by atoms with Crippen molar-refractivity contribution in [2.45, 2.75) is 25.9 Å². The minimum absolute atomic E-state index is 0.0765. The van der Waals surface area contributed by atoms with Gasteiger partial charge >= 0.3 is 6.18 Å². The largest absolute Gasteiger partial charge is 0.389 e. The van der Waals surface area contributed by atoms with Gasteiger partial charge in [0.05, 0.1) is 0 Å². The average Bonchev–Trinajstić information content (AvgIpc) is 2.00. The SMILES string of the molecule is Cc1cc(CCC(F)(F)F)ncn1. The van der Waals surface area contributed by atoms with E-state index in [1.54, 1.807) is 13.0 Å². The number of aryl methyl sites for hydroxylation is 2. The van der Waals surface area contributed by atoms with Gasteiger partial charge in [0.15, 0.2) is 0 Å². The maximum absolute atomic E-state index is 11.8. The van der Waals surface area contributed by atoms with Crippen molar-refractivity contribution < 1.29 is 13.2 Å². The van der Waals surface area contributed by atoms with E-state index in [4.69, 9.17) is 0 Å². The van der Waals surface area contributed by atoms with E-state index < -0.39 is 12.6 Å². The standard InChI is InChI=1S/C8H9F3N2/c1-6-4-7(13-5-12-6)2-3-8(9,10)11/h4-5H,2-3H2,1H3. The molecule has 72 valence electrons. The highest BCUT2D eigenvalue weighted by Crippen LogP contribution is 2.21. The normalized spacial score (nSPS) is 11.7. The van der Waals surface area contributed by atoms with Gasteiger partial charge in [0, 0.05) is 17.8 Å². The quantitative estimate of drug-likeness (QED) is 0.714. The van der Waals surface area contributed by atoms with Crippen LogP contribution >= 0.6 is 0 Å². The third-order valence-electron chi connectivity index (χ3n) is 1.53. The Balaban J connectivity index is 2.55. The molecule has 0 spiro atoms. The first kappa shape index (κ1) is 9.95. The van der Waals surface area contributed by atoms with Crippen molar-refractivity contribution in [2.24, 2.45) is 0 Å². The number of hydrogen-bond acceptors (Lipinski definition) is 2. The van der Waals surface area contributed by atoms with E-state index in [-0.39, 0.29) is 6.42 Å². The van der Waals surface area contributed by atoms with Gasteiger partial charge in [-0.1, -0.05) is 0 Å². The Bertz CT molecular complexity index is 283. The van der Waals surface area contributed by atoms with Crippen LogP contribution in [0.1, 0.15) is 17.8 Å². The summed E-state index contributed by atoms with van der Waals surface area (Å²) in [7, 11) is 0. The molecule has 2 nitrogen and oxygen atoms in total. The fourth-order valence-electron chi connectivity index (χ4n) is 0.916. The van der Waals surface area contributed by atoms with Crippen LogP contribution in [0.5, 0.6) is 0 Å². The van der Waals surface area contributed by atoms with Gasteiger partial charge in [0.1, 0.15) is 6.33 Å². The minimum Gasteiger partial charge on any atom is -0.242 e. The Morgan fingerprint density at radius 2 is 2.00 bits per heavy atom. The van der Waals surface area contributed by atoms with E-state index in [0.29, 0.717) is 11.4 Å². The molecule has 0 aliphatic heterocycles. The number of alkyl halides is 3. The first-order valence-corrected chi connectivity index (χ1v) is 3.82. The van der Waals surface area contributed by atoms with Crippen LogP contribution in [0, 0.1) is 6.92 Å². The summed E-state index contributed by atoms with van der Waals surface area (Å²) in [6.07, 6.45) is -3.74. The van der Waals surface area contributed by atoms with Crippen LogP contribution in [-0.2, 0) is 6.42 Å². The van der Waals surface area contributed by atoms with Gasteiger partial charge in [-0.3, -0.25) is 0 Å². The van der Waals surface area contributed by atoms with E-state index in [9.17, 15) is 13.2 Å². The first-order valence-electron chi connectivity index (χ1n) is 3.82. The second-order valence-corrected chi connectivity index (χ2v) is 2.77. The summed E-state index contributed by atoms with van der Waals surface area (Å²) >= 11 is 0. The summed E-state index contributed by atoms with van der Waals surface area (Å²) in [4.78, 5) is 7.52. The molecule has 1 aromatic heterocycles. The summed E-state index contributed by atoms with van der Waals surface area (Å²) in [5.74, 6) is 0. The van der Waals surface area contributed by atoms with Gasteiger partial charge in [-0.25, -0.2) is 9.97 Å². The van der Waals surface area contributed by atoms with Crippen molar-refractivity contribution in [1.29, 1.82) is 0 Å². The van der Waals surface area contributed by atoms with Gasteiger partial charge in [0.25, 0.3) is 0 Å². The molecule has 1 rings (SSSR count). The monoisotopic (exact) mass is 190 g/mol. The molecule has 0 unspecified atom stereocenters. The van der Waals surface area contributed by atoms with E-state index in [2.05, 4.69) is 9.97 Å². The molecule has 5 heteroatoms. The van der Waals surface area contributed by atoms with Crippen molar-refractivity contribution in [3.05, 3.63) is 23.8 Å². The maximum Gasteiger partial charge on any atom is 0.389 e. The van der Waals surface area contributed by atoms with Crippen LogP contribution in [-0.4, -0.2) is 16.1 Å². The molecular weight excluding hydrogens is 181 g/mol. The predicted octanol–water partition coefficient (Wildman–Crippen LogP) is 2.28. The molecule has 0 aliphatic carbocycles. The summed E-state index contributed by atoms with van der Waals surface area (Å²) in [5, 5.41) is 0. The molecule has 0 amide bonds. The van der Waals surface area contributed by atoms with E-state index in [0.717, 1.165) is 0 Å². The maximum atomic E-state index is 11.8. The molecule has 0 saturated heterocycles. The molecule has 0 aliphatic rings. The third-order valence-corrected chi connectivity index (χ3v) is 1.53. The van der Waals surface area contributed by atoms with Crippen molar-refractivity contribution in [2.75, 3.05) is 0 Å². The Hall–Kier alpha value is -1.13. The van der Waals surface area contributed by atoms with Crippen LogP contribution in [0.15, 0.2) is 12.4 Å². The lowest BCUT2D eigenvalue weighted by molar-refractivity contribution is -0.134. The molecule has 0 fully saturated rings. The molecule has 0 radical (unpaired) electrons. The summed E-state index contributed by atoms with van der Waals surface area (Å²) in [6.45, 7) is 1.72. The zero-order valence-electron chi connectivity index (χ0n) is 7.10. The number of hydrogen-bond donors (Lipinski definition) is 0. The van der Waals surface area contributed by atoms with Crippen LogP contribution in [0.25, 0.3) is 0 Å². The highest BCUT2D eigenvalue weighted by molar-refractivity contribution is 5.06. The lowest BCUT2D eigenvalue weighted by atomic mass is 10.2. The van der Waals surface area contributed by atoms with Crippen LogP contribution in [0.4, 0.5) is 13.2 Å². The van der Waals surface area contributed by atoms with Crippen molar-refractivity contribution >= 4 is 0 Å². The van der Waals surface area contributed by atoms with E-state index in [1.165, 1.54) is 6.33 Å². The lowest BCUT2D eigenvalue weighted by Crippen LogP contribution is -2.09. The van der Waals surface area contributed by atoms with Crippen LogP contribution < -0.4 is 0 Å². The Kier molecular flexibility index (Phi) is 2.85. The van der Waals surface area contributed by atoms with Gasteiger partial charge in [-0.2, -0.15) is 13.2 Å². The predicted molar refractivity (Wildman–Crippen MR) is 41.1 cm³/mol. The highest BCUT2D eigenvalue weighted by atomic mass is 19.4. The zero-order valence-corrected chi connectivity index (χ0v) is 7.10. The fraction of sp³-hybridized carbons (Fsp3) is 0.500. The number of aromatic nitrogens is 2. The van der Waals surface area contributed by atoms with Crippen molar-refractivity contribution in [1.82, 2.24) is 9.97 Å². The lowest BCUT2D eigenvalue weighted by Gasteiger charge is -2.05. The van der Waals surface area contributed by atoms with Crippen molar-refractivity contribution in [3.8, 4) is 0 Å².